The number of carbonyl (C=O) groups excluding carboxylic acids is 3. The van der Waals surface area contributed by atoms with Crippen molar-refractivity contribution in [3.63, 3.8) is 0 Å². The lowest BCUT2D eigenvalue weighted by molar-refractivity contribution is -0.167. The summed E-state index contributed by atoms with van der Waals surface area (Å²) in [7, 11) is 0. The SMILES string of the molecule is CC\C=C/C=C\C=C/CCCCCCCC(=O)OC(COC(=O)CCCCCC/C=C\CCCC)COC(=O)CCCCCCCCC/C=C\CCCCCCCC. The Balaban J connectivity index is 4.37. The van der Waals surface area contributed by atoms with Gasteiger partial charge >= 0.3 is 17.9 Å². The molecule has 0 amide bonds. The van der Waals surface area contributed by atoms with Crippen molar-refractivity contribution in [2.75, 3.05) is 13.2 Å². The lowest BCUT2D eigenvalue weighted by atomic mass is 10.1. The van der Waals surface area contributed by atoms with E-state index < -0.39 is 6.10 Å². The molecule has 1 atom stereocenters. The Bertz CT molecular complexity index is 1070. The van der Waals surface area contributed by atoms with Crippen LogP contribution >= 0.6 is 0 Å². The van der Waals surface area contributed by atoms with Crippen LogP contribution in [0.15, 0.2) is 60.8 Å². The van der Waals surface area contributed by atoms with E-state index in [2.05, 4.69) is 81.5 Å². The quantitative estimate of drug-likeness (QED) is 0.0201. The molecule has 0 fully saturated rings. The predicted octanol–water partition coefficient (Wildman–Crippen LogP) is 15.7. The van der Waals surface area contributed by atoms with Crippen LogP contribution in [0.1, 0.15) is 233 Å². The van der Waals surface area contributed by atoms with Crippen LogP contribution < -0.4 is 0 Å². The van der Waals surface area contributed by atoms with Gasteiger partial charge in [0, 0.05) is 19.3 Å². The first-order chi connectivity index (χ1) is 28.5. The number of hydrogen-bond donors (Lipinski definition) is 0. The van der Waals surface area contributed by atoms with E-state index in [1.807, 2.05) is 0 Å². The molecule has 0 saturated heterocycles. The minimum Gasteiger partial charge on any atom is -0.462 e. The Morgan fingerprint density at radius 3 is 1.14 bits per heavy atom. The fraction of sp³-hybridized carbons (Fsp3) is 0.750. The third-order valence-corrected chi connectivity index (χ3v) is 10.3. The van der Waals surface area contributed by atoms with E-state index in [1.165, 1.54) is 89.9 Å². The highest BCUT2D eigenvalue weighted by molar-refractivity contribution is 5.71. The molecule has 0 N–H and O–H groups in total. The third kappa shape index (κ3) is 44.2. The molecule has 1 unspecified atom stereocenters. The van der Waals surface area contributed by atoms with Gasteiger partial charge < -0.3 is 14.2 Å². The maximum atomic E-state index is 12.7. The second-order valence-corrected chi connectivity index (χ2v) is 16.0. The molecule has 6 nitrogen and oxygen atoms in total. The Hall–Kier alpha value is -2.89. The average molecular weight is 811 g/mol. The highest BCUT2D eigenvalue weighted by Gasteiger charge is 2.19. The highest BCUT2D eigenvalue weighted by Crippen LogP contribution is 2.14. The van der Waals surface area contributed by atoms with Gasteiger partial charge in [0.25, 0.3) is 0 Å². The molecule has 0 aromatic heterocycles. The van der Waals surface area contributed by atoms with E-state index in [0.29, 0.717) is 19.3 Å². The largest absolute Gasteiger partial charge is 0.462 e. The van der Waals surface area contributed by atoms with Crippen LogP contribution in [0.3, 0.4) is 0 Å². The van der Waals surface area contributed by atoms with E-state index in [0.717, 1.165) is 103 Å². The van der Waals surface area contributed by atoms with Crippen LogP contribution in [0.4, 0.5) is 0 Å². The van der Waals surface area contributed by atoms with Crippen molar-refractivity contribution >= 4 is 17.9 Å². The zero-order valence-corrected chi connectivity index (χ0v) is 38.0. The lowest BCUT2D eigenvalue weighted by Crippen LogP contribution is -2.30. The van der Waals surface area contributed by atoms with Gasteiger partial charge in [0.2, 0.25) is 0 Å². The van der Waals surface area contributed by atoms with Crippen LogP contribution in [0.2, 0.25) is 0 Å². The molecule has 0 spiro atoms. The number of ether oxygens (including phenoxy) is 3. The molecule has 0 radical (unpaired) electrons. The first kappa shape index (κ1) is 55.1. The first-order valence-electron chi connectivity index (χ1n) is 24.3. The standard InChI is InChI=1S/C52H90O6/c1-4-7-10-13-16-19-22-24-25-26-27-29-30-33-36-39-42-45-51(54)57-48-49(47-56-50(53)44-41-38-35-32-21-18-15-12-9-6-3)58-52(55)46-43-40-37-34-31-28-23-20-17-14-11-8-5-2/h8,11,14-15,17-18,20,23-25,49H,4-7,9-10,12-13,16,19,21-22,26-48H2,1-3H3/b11-8-,17-14-,18-15-,23-20-,25-24-. The van der Waals surface area contributed by atoms with Crippen molar-refractivity contribution in [2.45, 2.75) is 239 Å². The monoisotopic (exact) mass is 811 g/mol. The molecule has 0 aliphatic rings. The van der Waals surface area contributed by atoms with Crippen molar-refractivity contribution in [3.05, 3.63) is 60.8 Å². The number of unbranched alkanes of at least 4 members (excludes halogenated alkanes) is 24. The summed E-state index contributed by atoms with van der Waals surface area (Å²) in [5.74, 6) is -0.928. The summed E-state index contributed by atoms with van der Waals surface area (Å²) in [5.41, 5.74) is 0. The zero-order valence-electron chi connectivity index (χ0n) is 38.0. The van der Waals surface area contributed by atoms with Crippen molar-refractivity contribution in [1.29, 1.82) is 0 Å². The molecule has 0 aliphatic carbocycles. The Labute approximate surface area is 358 Å². The van der Waals surface area contributed by atoms with Gasteiger partial charge in [-0.2, -0.15) is 0 Å². The van der Waals surface area contributed by atoms with Crippen LogP contribution in [0.25, 0.3) is 0 Å². The fourth-order valence-electron chi connectivity index (χ4n) is 6.59. The Kier molecular flexibility index (Phi) is 44.5. The normalized spacial score (nSPS) is 12.5. The summed E-state index contributed by atoms with van der Waals surface area (Å²) in [6.45, 7) is 6.42. The van der Waals surface area contributed by atoms with Crippen molar-refractivity contribution in [3.8, 4) is 0 Å². The van der Waals surface area contributed by atoms with Gasteiger partial charge in [-0.25, -0.2) is 0 Å². The van der Waals surface area contributed by atoms with Gasteiger partial charge in [-0.1, -0.05) is 191 Å². The van der Waals surface area contributed by atoms with Crippen molar-refractivity contribution in [1.82, 2.24) is 0 Å². The van der Waals surface area contributed by atoms with Gasteiger partial charge in [0.15, 0.2) is 6.10 Å². The summed E-state index contributed by atoms with van der Waals surface area (Å²) in [6, 6.07) is 0. The lowest BCUT2D eigenvalue weighted by Gasteiger charge is -2.18. The highest BCUT2D eigenvalue weighted by atomic mass is 16.6. The van der Waals surface area contributed by atoms with Gasteiger partial charge in [-0.15, -0.1) is 0 Å². The maximum Gasteiger partial charge on any atom is 0.306 e. The predicted molar refractivity (Wildman–Crippen MR) is 247 cm³/mol. The molecule has 6 heteroatoms. The van der Waals surface area contributed by atoms with E-state index in [4.69, 9.17) is 14.2 Å². The molecule has 334 valence electrons. The van der Waals surface area contributed by atoms with E-state index in [1.54, 1.807) is 0 Å². The number of hydrogen-bond acceptors (Lipinski definition) is 6. The van der Waals surface area contributed by atoms with E-state index >= 15 is 0 Å². The summed E-state index contributed by atoms with van der Waals surface area (Å²) < 4.78 is 16.7. The summed E-state index contributed by atoms with van der Waals surface area (Å²) in [4.78, 5) is 37.8. The van der Waals surface area contributed by atoms with Crippen LogP contribution in [-0.4, -0.2) is 37.2 Å². The summed E-state index contributed by atoms with van der Waals surface area (Å²) in [5, 5.41) is 0. The molecule has 0 bridgehead atoms. The fourth-order valence-corrected chi connectivity index (χ4v) is 6.59. The molecule has 0 aromatic carbocycles. The number of carbonyl (C=O) groups is 3. The number of allylic oxidation sites excluding steroid dienone is 10. The topological polar surface area (TPSA) is 78.9 Å². The third-order valence-electron chi connectivity index (χ3n) is 10.3. The molecular formula is C52H90O6. The van der Waals surface area contributed by atoms with E-state index in [9.17, 15) is 14.4 Å². The number of rotatable bonds is 43. The van der Waals surface area contributed by atoms with Crippen LogP contribution in [0.5, 0.6) is 0 Å². The second-order valence-electron chi connectivity index (χ2n) is 16.0. The van der Waals surface area contributed by atoms with Crippen LogP contribution in [0, 0.1) is 0 Å². The van der Waals surface area contributed by atoms with Gasteiger partial charge in [-0.05, 0) is 83.5 Å². The molecule has 58 heavy (non-hydrogen) atoms. The van der Waals surface area contributed by atoms with Gasteiger partial charge in [0.1, 0.15) is 13.2 Å². The van der Waals surface area contributed by atoms with Gasteiger partial charge in [0.05, 0.1) is 0 Å². The molecule has 0 aliphatic heterocycles. The van der Waals surface area contributed by atoms with Crippen molar-refractivity contribution < 1.29 is 28.6 Å². The molecule has 0 saturated carbocycles. The minimum absolute atomic E-state index is 0.0887. The average Bonchev–Trinajstić information content (AvgIpc) is 3.22. The molecule has 0 rings (SSSR count). The molecular weight excluding hydrogens is 721 g/mol. The smallest absolute Gasteiger partial charge is 0.306 e. The maximum absolute atomic E-state index is 12.7. The molecule has 0 heterocycles. The first-order valence-corrected chi connectivity index (χ1v) is 24.3. The van der Waals surface area contributed by atoms with Crippen molar-refractivity contribution in [2.24, 2.45) is 0 Å². The zero-order chi connectivity index (χ0) is 42.3. The molecule has 0 aromatic rings. The Morgan fingerprint density at radius 1 is 0.362 bits per heavy atom. The minimum atomic E-state index is -0.788. The second kappa shape index (κ2) is 46.8. The van der Waals surface area contributed by atoms with Gasteiger partial charge in [-0.3, -0.25) is 14.4 Å². The Morgan fingerprint density at radius 2 is 0.707 bits per heavy atom. The summed E-state index contributed by atoms with van der Waals surface area (Å²) in [6.07, 6.45) is 56.3. The van der Waals surface area contributed by atoms with Crippen LogP contribution in [-0.2, 0) is 28.6 Å². The number of esters is 3. The van der Waals surface area contributed by atoms with E-state index in [-0.39, 0.29) is 31.1 Å². The summed E-state index contributed by atoms with van der Waals surface area (Å²) >= 11 is 0.